The second-order valence-corrected chi connectivity index (χ2v) is 2.69. The fraction of sp³-hybridized carbons (Fsp3) is 0.444. The summed E-state index contributed by atoms with van der Waals surface area (Å²) in [5.41, 5.74) is 1.80. The predicted molar refractivity (Wildman–Crippen MR) is 42.9 cm³/mol. The maximum absolute atomic E-state index is 12.6. The second kappa shape index (κ2) is 3.46. The largest absolute Gasteiger partial charge is 0.225 e. The van der Waals surface area contributed by atoms with Gasteiger partial charge < -0.3 is 0 Å². The summed E-state index contributed by atoms with van der Waals surface area (Å²) in [4.78, 5) is 3.65. The van der Waals surface area contributed by atoms with Crippen LogP contribution in [0.2, 0.25) is 0 Å². The average Bonchev–Trinajstić information content (AvgIpc) is 1.85. The number of aromatic nitrogens is 1. The van der Waals surface area contributed by atoms with Crippen LogP contribution in [-0.2, 0) is 6.42 Å². The van der Waals surface area contributed by atoms with Crippen molar-refractivity contribution < 1.29 is 4.39 Å². The summed E-state index contributed by atoms with van der Waals surface area (Å²) in [6, 6.07) is 3.42. The van der Waals surface area contributed by atoms with E-state index in [0.717, 1.165) is 24.1 Å². The number of hydrogen-bond acceptors (Lipinski definition) is 1. The van der Waals surface area contributed by atoms with Gasteiger partial charge in [0.2, 0.25) is 5.95 Å². The van der Waals surface area contributed by atoms with E-state index in [1.807, 2.05) is 13.0 Å². The third-order valence-corrected chi connectivity index (χ3v) is 1.52. The van der Waals surface area contributed by atoms with Crippen LogP contribution in [0.4, 0.5) is 4.39 Å². The number of halogens is 1. The first-order chi connectivity index (χ1) is 5.22. The zero-order valence-electron chi connectivity index (χ0n) is 6.89. The van der Waals surface area contributed by atoms with E-state index in [1.165, 1.54) is 6.07 Å². The average molecular weight is 153 g/mol. The Balaban J connectivity index is 2.89. The molecular formula is C9H12FN. The predicted octanol–water partition coefficient (Wildman–Crippen LogP) is 2.48. The summed E-state index contributed by atoms with van der Waals surface area (Å²) in [5, 5.41) is 0. The van der Waals surface area contributed by atoms with Gasteiger partial charge in [-0.25, -0.2) is 4.98 Å². The van der Waals surface area contributed by atoms with E-state index in [9.17, 15) is 4.39 Å². The summed E-state index contributed by atoms with van der Waals surface area (Å²) < 4.78 is 12.6. The van der Waals surface area contributed by atoms with Gasteiger partial charge in [-0.1, -0.05) is 13.3 Å². The monoisotopic (exact) mass is 153 g/mol. The lowest BCUT2D eigenvalue weighted by molar-refractivity contribution is 0.577. The minimum atomic E-state index is -0.367. The highest BCUT2D eigenvalue weighted by molar-refractivity contribution is 5.16. The highest BCUT2D eigenvalue weighted by Gasteiger charge is 1.97. The Morgan fingerprint density at radius 2 is 2.18 bits per heavy atom. The second-order valence-electron chi connectivity index (χ2n) is 2.69. The standard InChI is InChI=1S/C9H12FN/c1-3-4-8-5-7(2)11-9(10)6-8/h5-6H,3-4H2,1-2H3. The Bertz CT molecular complexity index is 225. The van der Waals surface area contributed by atoms with Crippen molar-refractivity contribution in [3.05, 3.63) is 29.3 Å². The van der Waals surface area contributed by atoms with Gasteiger partial charge >= 0.3 is 0 Å². The van der Waals surface area contributed by atoms with E-state index in [-0.39, 0.29) is 5.95 Å². The zero-order valence-corrected chi connectivity index (χ0v) is 6.89. The van der Waals surface area contributed by atoms with E-state index in [4.69, 9.17) is 0 Å². The molecule has 1 aromatic rings. The molecule has 0 saturated heterocycles. The molecule has 0 N–H and O–H groups in total. The molecule has 1 aromatic heterocycles. The molecule has 0 bridgehead atoms. The van der Waals surface area contributed by atoms with Crippen LogP contribution < -0.4 is 0 Å². The van der Waals surface area contributed by atoms with Crippen LogP contribution in [0.15, 0.2) is 12.1 Å². The first-order valence-corrected chi connectivity index (χ1v) is 3.85. The van der Waals surface area contributed by atoms with E-state index in [1.54, 1.807) is 0 Å². The number of aryl methyl sites for hydroxylation is 2. The third-order valence-electron chi connectivity index (χ3n) is 1.52. The van der Waals surface area contributed by atoms with Gasteiger partial charge in [0.25, 0.3) is 0 Å². The van der Waals surface area contributed by atoms with Crippen LogP contribution in [0, 0.1) is 12.9 Å². The van der Waals surface area contributed by atoms with Gasteiger partial charge in [-0.15, -0.1) is 0 Å². The van der Waals surface area contributed by atoms with Crippen molar-refractivity contribution in [1.29, 1.82) is 0 Å². The Morgan fingerprint density at radius 3 is 2.73 bits per heavy atom. The molecule has 0 saturated carbocycles. The number of nitrogens with zero attached hydrogens (tertiary/aromatic N) is 1. The van der Waals surface area contributed by atoms with Gasteiger partial charge in [0.15, 0.2) is 0 Å². The molecule has 0 spiro atoms. The summed E-state index contributed by atoms with van der Waals surface area (Å²) in [6.45, 7) is 3.88. The van der Waals surface area contributed by atoms with Gasteiger partial charge in [-0.2, -0.15) is 4.39 Å². The smallest absolute Gasteiger partial charge is 0.213 e. The van der Waals surface area contributed by atoms with Gasteiger partial charge in [0, 0.05) is 5.69 Å². The van der Waals surface area contributed by atoms with Crippen LogP contribution >= 0.6 is 0 Å². The van der Waals surface area contributed by atoms with Crippen LogP contribution in [0.1, 0.15) is 24.6 Å². The maximum atomic E-state index is 12.6. The molecule has 0 radical (unpaired) electrons. The lowest BCUT2D eigenvalue weighted by atomic mass is 10.1. The molecule has 0 fully saturated rings. The molecule has 1 rings (SSSR count). The number of hydrogen-bond donors (Lipinski definition) is 0. The molecule has 0 aliphatic rings. The van der Waals surface area contributed by atoms with Crippen molar-refractivity contribution in [1.82, 2.24) is 4.98 Å². The molecule has 11 heavy (non-hydrogen) atoms. The molecule has 1 nitrogen and oxygen atoms in total. The molecular weight excluding hydrogens is 141 g/mol. The Hall–Kier alpha value is -0.920. The fourth-order valence-electron chi connectivity index (χ4n) is 1.13. The molecule has 0 amide bonds. The molecule has 0 aliphatic heterocycles. The van der Waals surface area contributed by atoms with Crippen molar-refractivity contribution in [2.45, 2.75) is 26.7 Å². The first kappa shape index (κ1) is 8.18. The van der Waals surface area contributed by atoms with E-state index in [2.05, 4.69) is 11.9 Å². The van der Waals surface area contributed by atoms with Crippen LogP contribution in [0.5, 0.6) is 0 Å². The number of pyridine rings is 1. The Morgan fingerprint density at radius 1 is 1.45 bits per heavy atom. The summed E-state index contributed by atoms with van der Waals surface area (Å²) in [7, 11) is 0. The lowest BCUT2D eigenvalue weighted by Crippen LogP contribution is -1.91. The third kappa shape index (κ3) is 2.30. The minimum absolute atomic E-state index is 0.367. The quantitative estimate of drug-likeness (QED) is 0.595. The van der Waals surface area contributed by atoms with E-state index < -0.39 is 0 Å². The van der Waals surface area contributed by atoms with E-state index in [0.29, 0.717) is 0 Å². The first-order valence-electron chi connectivity index (χ1n) is 3.85. The van der Waals surface area contributed by atoms with Crippen LogP contribution in [0.25, 0.3) is 0 Å². The van der Waals surface area contributed by atoms with Crippen LogP contribution in [0.3, 0.4) is 0 Å². The summed E-state index contributed by atoms with van der Waals surface area (Å²) >= 11 is 0. The minimum Gasteiger partial charge on any atom is -0.225 e. The highest BCUT2D eigenvalue weighted by atomic mass is 19.1. The van der Waals surface area contributed by atoms with Crippen molar-refractivity contribution >= 4 is 0 Å². The fourth-order valence-corrected chi connectivity index (χ4v) is 1.13. The lowest BCUT2D eigenvalue weighted by Gasteiger charge is -1.99. The number of rotatable bonds is 2. The Kier molecular flexibility index (Phi) is 2.58. The topological polar surface area (TPSA) is 12.9 Å². The highest BCUT2D eigenvalue weighted by Crippen LogP contribution is 2.06. The van der Waals surface area contributed by atoms with Gasteiger partial charge in [-0.3, -0.25) is 0 Å². The van der Waals surface area contributed by atoms with Crippen molar-refractivity contribution in [3.63, 3.8) is 0 Å². The molecule has 2 heteroatoms. The summed E-state index contributed by atoms with van der Waals surface area (Å²) in [6.07, 6.45) is 1.98. The maximum Gasteiger partial charge on any atom is 0.213 e. The van der Waals surface area contributed by atoms with Gasteiger partial charge in [-0.05, 0) is 31.0 Å². The zero-order chi connectivity index (χ0) is 8.27. The molecule has 0 aromatic carbocycles. The SMILES string of the molecule is CCCc1cc(C)nc(F)c1. The van der Waals surface area contributed by atoms with Crippen molar-refractivity contribution in [3.8, 4) is 0 Å². The molecule has 0 aliphatic carbocycles. The van der Waals surface area contributed by atoms with Crippen molar-refractivity contribution in [2.75, 3.05) is 0 Å². The van der Waals surface area contributed by atoms with E-state index >= 15 is 0 Å². The Labute approximate surface area is 66.3 Å². The molecule has 60 valence electrons. The van der Waals surface area contributed by atoms with Crippen LogP contribution in [-0.4, -0.2) is 4.98 Å². The normalized spacial score (nSPS) is 10.1. The van der Waals surface area contributed by atoms with Crippen molar-refractivity contribution in [2.24, 2.45) is 0 Å². The van der Waals surface area contributed by atoms with Gasteiger partial charge in [0.1, 0.15) is 0 Å². The summed E-state index contributed by atoms with van der Waals surface area (Å²) in [5.74, 6) is -0.367. The molecule has 0 atom stereocenters. The van der Waals surface area contributed by atoms with Gasteiger partial charge in [0.05, 0.1) is 0 Å². The molecule has 0 unspecified atom stereocenters. The molecule has 1 heterocycles.